The lowest BCUT2D eigenvalue weighted by Crippen LogP contribution is -2.32. The molecular weight excluding hydrogens is 384 g/mol. The molecule has 25 heavy (non-hydrogen) atoms. The van der Waals surface area contributed by atoms with E-state index in [1.807, 2.05) is 30.3 Å². The molecule has 1 aliphatic rings. The topological polar surface area (TPSA) is 90.8 Å². The van der Waals surface area contributed by atoms with Crippen molar-refractivity contribution in [2.75, 3.05) is 13.2 Å². The predicted octanol–water partition coefficient (Wildman–Crippen LogP) is 3.04. The van der Waals surface area contributed by atoms with Gasteiger partial charge in [0, 0.05) is 28.8 Å². The first-order chi connectivity index (χ1) is 12.2. The Morgan fingerprint density at radius 3 is 2.96 bits per heavy atom. The molecule has 1 aromatic heterocycles. The number of H-pyrrole nitrogens is 1. The molecule has 0 bridgehead atoms. The molecule has 1 aromatic carbocycles. The Morgan fingerprint density at radius 1 is 1.48 bits per heavy atom. The largest absolute Gasteiger partial charge is 0.376 e. The number of rotatable bonds is 5. The summed E-state index contributed by atoms with van der Waals surface area (Å²) >= 11 is 3.40. The van der Waals surface area contributed by atoms with Crippen LogP contribution in [0, 0.1) is 11.3 Å². The predicted molar refractivity (Wildman–Crippen MR) is 97.3 cm³/mol. The molecule has 3 rings (SSSR count). The molecule has 2 N–H and O–H groups in total. The molecule has 2 aromatic rings. The number of hydrogen-bond donors (Lipinski definition) is 2. The highest BCUT2D eigenvalue weighted by Crippen LogP contribution is 2.24. The summed E-state index contributed by atoms with van der Waals surface area (Å²) < 4.78 is 6.44. The van der Waals surface area contributed by atoms with Crippen LogP contribution in [0.2, 0.25) is 0 Å². The lowest BCUT2D eigenvalue weighted by molar-refractivity contribution is -0.117. The van der Waals surface area contributed by atoms with Crippen LogP contribution in [0.15, 0.2) is 40.5 Å². The van der Waals surface area contributed by atoms with Gasteiger partial charge in [0.05, 0.1) is 18.0 Å². The SMILES string of the molecule is N#C/C(=C/c1cn[nH]c1-c1ccc(Br)cc1)C(=O)NC[C@H]1CCCO1. The summed E-state index contributed by atoms with van der Waals surface area (Å²) in [5.41, 5.74) is 2.40. The molecule has 1 amide bonds. The lowest BCUT2D eigenvalue weighted by atomic mass is 10.1. The average molecular weight is 401 g/mol. The Kier molecular flexibility index (Phi) is 5.64. The van der Waals surface area contributed by atoms with E-state index in [4.69, 9.17) is 4.74 Å². The molecule has 0 aliphatic carbocycles. The van der Waals surface area contributed by atoms with Crippen molar-refractivity contribution in [2.45, 2.75) is 18.9 Å². The summed E-state index contributed by atoms with van der Waals surface area (Å²) in [4.78, 5) is 12.3. The molecule has 7 heteroatoms. The maximum atomic E-state index is 12.3. The number of nitrogens with one attached hydrogen (secondary N) is 2. The second-order valence-electron chi connectivity index (χ2n) is 5.72. The number of carbonyl (C=O) groups is 1. The summed E-state index contributed by atoms with van der Waals surface area (Å²) in [6.45, 7) is 1.15. The number of aromatic amines is 1. The van der Waals surface area contributed by atoms with E-state index in [1.54, 1.807) is 12.3 Å². The first-order valence-corrected chi connectivity index (χ1v) is 8.77. The molecule has 128 valence electrons. The van der Waals surface area contributed by atoms with E-state index in [9.17, 15) is 10.1 Å². The summed E-state index contributed by atoms with van der Waals surface area (Å²) in [5, 5.41) is 19.1. The monoisotopic (exact) mass is 400 g/mol. The number of hydrogen-bond acceptors (Lipinski definition) is 4. The van der Waals surface area contributed by atoms with Gasteiger partial charge in [0.2, 0.25) is 0 Å². The van der Waals surface area contributed by atoms with Gasteiger partial charge in [0.1, 0.15) is 11.6 Å². The van der Waals surface area contributed by atoms with Crippen LogP contribution in [0.25, 0.3) is 17.3 Å². The third-order valence-corrected chi connectivity index (χ3v) is 4.51. The van der Waals surface area contributed by atoms with Gasteiger partial charge in [0.25, 0.3) is 5.91 Å². The highest BCUT2D eigenvalue weighted by molar-refractivity contribution is 9.10. The van der Waals surface area contributed by atoms with Crippen molar-refractivity contribution in [1.29, 1.82) is 5.26 Å². The van der Waals surface area contributed by atoms with Crippen LogP contribution >= 0.6 is 15.9 Å². The van der Waals surface area contributed by atoms with E-state index in [0.29, 0.717) is 12.1 Å². The Bertz CT molecular complexity index is 814. The maximum Gasteiger partial charge on any atom is 0.262 e. The Morgan fingerprint density at radius 2 is 2.28 bits per heavy atom. The number of nitrogens with zero attached hydrogens (tertiary/aromatic N) is 2. The Hall–Kier alpha value is -2.43. The molecule has 0 radical (unpaired) electrons. The van der Waals surface area contributed by atoms with Gasteiger partial charge in [-0.3, -0.25) is 9.89 Å². The van der Waals surface area contributed by atoms with E-state index < -0.39 is 5.91 Å². The number of halogens is 1. The molecule has 0 spiro atoms. The summed E-state index contributed by atoms with van der Waals surface area (Å²) in [6, 6.07) is 9.66. The number of amides is 1. The average Bonchev–Trinajstić information content (AvgIpc) is 3.30. The van der Waals surface area contributed by atoms with Crippen molar-refractivity contribution in [2.24, 2.45) is 0 Å². The van der Waals surface area contributed by atoms with Crippen LogP contribution in [0.3, 0.4) is 0 Å². The second-order valence-corrected chi connectivity index (χ2v) is 6.64. The van der Waals surface area contributed by atoms with Gasteiger partial charge in [0.15, 0.2) is 0 Å². The lowest BCUT2D eigenvalue weighted by Gasteiger charge is -2.10. The minimum atomic E-state index is -0.402. The molecule has 0 saturated carbocycles. The number of nitriles is 1. The molecule has 0 unspecified atom stereocenters. The van der Waals surface area contributed by atoms with E-state index >= 15 is 0 Å². The standard InChI is InChI=1S/C18H17BrN4O2/c19-15-5-3-12(4-6-15)17-14(10-22-23-17)8-13(9-20)18(24)21-11-16-2-1-7-25-16/h3-6,8,10,16H,1-2,7,11H2,(H,21,24)(H,22,23)/b13-8-/t16-/m1/s1. The van der Waals surface area contributed by atoms with Crippen molar-refractivity contribution >= 4 is 27.9 Å². The van der Waals surface area contributed by atoms with Crippen molar-refractivity contribution in [3.63, 3.8) is 0 Å². The number of aromatic nitrogens is 2. The first-order valence-electron chi connectivity index (χ1n) is 7.98. The maximum absolute atomic E-state index is 12.3. The van der Waals surface area contributed by atoms with Gasteiger partial charge in [-0.2, -0.15) is 10.4 Å². The Labute approximate surface area is 154 Å². The van der Waals surface area contributed by atoms with E-state index in [-0.39, 0.29) is 11.7 Å². The van der Waals surface area contributed by atoms with Crippen LogP contribution in [0.5, 0.6) is 0 Å². The highest BCUT2D eigenvalue weighted by Gasteiger charge is 2.18. The van der Waals surface area contributed by atoms with Crippen molar-refractivity contribution in [3.8, 4) is 17.3 Å². The van der Waals surface area contributed by atoms with Crippen molar-refractivity contribution in [3.05, 3.63) is 46.1 Å². The fourth-order valence-electron chi connectivity index (χ4n) is 2.66. The molecule has 1 saturated heterocycles. The summed E-state index contributed by atoms with van der Waals surface area (Å²) in [6.07, 6.45) is 5.12. The number of carbonyl (C=O) groups excluding carboxylic acids is 1. The van der Waals surface area contributed by atoms with Gasteiger partial charge in [-0.15, -0.1) is 0 Å². The van der Waals surface area contributed by atoms with Crippen LogP contribution in [-0.4, -0.2) is 35.4 Å². The van der Waals surface area contributed by atoms with Gasteiger partial charge in [-0.05, 0) is 31.1 Å². The third-order valence-electron chi connectivity index (χ3n) is 3.98. The normalized spacial score (nSPS) is 17.3. The summed E-state index contributed by atoms with van der Waals surface area (Å²) in [7, 11) is 0. The highest BCUT2D eigenvalue weighted by atomic mass is 79.9. The van der Waals surface area contributed by atoms with Gasteiger partial charge >= 0.3 is 0 Å². The zero-order valence-electron chi connectivity index (χ0n) is 13.5. The number of ether oxygens (including phenoxy) is 1. The minimum Gasteiger partial charge on any atom is -0.376 e. The molecule has 1 atom stereocenters. The molecule has 1 aliphatic heterocycles. The van der Waals surface area contributed by atoms with Crippen molar-refractivity contribution in [1.82, 2.24) is 15.5 Å². The minimum absolute atomic E-state index is 0.0381. The summed E-state index contributed by atoms with van der Waals surface area (Å²) in [5.74, 6) is -0.402. The fourth-order valence-corrected chi connectivity index (χ4v) is 2.93. The van der Waals surface area contributed by atoms with Gasteiger partial charge in [-0.25, -0.2) is 0 Å². The first kappa shape index (κ1) is 17.4. The van der Waals surface area contributed by atoms with E-state index in [2.05, 4.69) is 31.4 Å². The molecular formula is C18H17BrN4O2. The third kappa shape index (κ3) is 4.35. The van der Waals surface area contributed by atoms with Gasteiger partial charge < -0.3 is 10.1 Å². The Balaban J connectivity index is 1.76. The quantitative estimate of drug-likeness (QED) is 0.595. The molecule has 6 nitrogen and oxygen atoms in total. The zero-order valence-corrected chi connectivity index (χ0v) is 15.0. The molecule has 1 fully saturated rings. The number of benzene rings is 1. The van der Waals surface area contributed by atoms with Crippen LogP contribution in [0.4, 0.5) is 0 Å². The van der Waals surface area contributed by atoms with E-state index in [0.717, 1.165) is 35.2 Å². The van der Waals surface area contributed by atoms with Crippen LogP contribution in [-0.2, 0) is 9.53 Å². The fraction of sp³-hybridized carbons (Fsp3) is 0.278. The zero-order chi connectivity index (χ0) is 17.6. The van der Waals surface area contributed by atoms with Crippen LogP contribution in [0.1, 0.15) is 18.4 Å². The van der Waals surface area contributed by atoms with Crippen LogP contribution < -0.4 is 5.32 Å². The second kappa shape index (κ2) is 8.10. The van der Waals surface area contributed by atoms with Crippen molar-refractivity contribution < 1.29 is 9.53 Å². The van der Waals surface area contributed by atoms with E-state index in [1.165, 1.54) is 0 Å². The van der Waals surface area contributed by atoms with Gasteiger partial charge in [-0.1, -0.05) is 28.1 Å². The molecule has 2 heterocycles. The smallest absolute Gasteiger partial charge is 0.262 e.